The third kappa shape index (κ3) is 2.55. The van der Waals surface area contributed by atoms with Crippen LogP contribution in [0.4, 0.5) is 0 Å². The van der Waals surface area contributed by atoms with Gasteiger partial charge in [0, 0.05) is 30.2 Å². The molecule has 0 aromatic heterocycles. The second kappa shape index (κ2) is 7.32. The molecule has 1 spiro atoms. The molecule has 32 heavy (non-hydrogen) atoms. The first-order chi connectivity index (χ1) is 15.4. The molecule has 0 unspecified atom stereocenters. The highest BCUT2D eigenvalue weighted by Crippen LogP contribution is 2.70. The topological polar surface area (TPSA) is 48.0 Å². The number of carbonyl (C=O) groups excluding carboxylic acids is 1. The molecule has 170 valence electrons. The van der Waals surface area contributed by atoms with E-state index in [1.165, 1.54) is 17.2 Å². The first-order valence-corrected chi connectivity index (χ1v) is 11.6. The Labute approximate surface area is 190 Å². The molecule has 5 heteroatoms. The van der Waals surface area contributed by atoms with Gasteiger partial charge in [0.25, 0.3) is 0 Å². The van der Waals surface area contributed by atoms with Gasteiger partial charge < -0.3 is 19.1 Å². The van der Waals surface area contributed by atoms with E-state index in [-0.39, 0.29) is 16.9 Å². The van der Waals surface area contributed by atoms with E-state index in [2.05, 4.69) is 31.5 Å². The lowest BCUT2D eigenvalue weighted by atomic mass is 9.42. The lowest BCUT2D eigenvalue weighted by Crippen LogP contribution is -2.74. The zero-order chi connectivity index (χ0) is 22.7. The predicted molar refractivity (Wildman–Crippen MR) is 124 cm³/mol. The second-order valence-electron chi connectivity index (χ2n) is 9.93. The van der Waals surface area contributed by atoms with Gasteiger partial charge in [-0.2, -0.15) is 0 Å². The number of allylic oxidation sites excluding steroid dienone is 3. The molecule has 2 fully saturated rings. The summed E-state index contributed by atoms with van der Waals surface area (Å²) in [6.45, 7) is 9.50. The standard InChI is InChI=1S/C27H33NO4/c1-6-8-9-10-21(29)31-19-12-11-18-17-20-25(3)13-14-26(7-2,30-5)24-27(25,15-16-28(20)4)22(18)23(19)32-24/h6-12,20,24H,2,13-17H2,1,3-5H3/b8-6+,10-9+/t20-,24+,25-,26-,27+/m1/s1. The monoisotopic (exact) mass is 435 g/mol. The number of carbonyl (C=O) groups is 1. The number of methoxy groups -OCH3 is 1. The van der Waals surface area contributed by atoms with Crippen molar-refractivity contribution in [3.63, 3.8) is 0 Å². The number of hydrogen-bond acceptors (Lipinski definition) is 5. The Morgan fingerprint density at radius 2 is 2.09 bits per heavy atom. The van der Waals surface area contributed by atoms with Crippen LogP contribution in [0.1, 0.15) is 44.2 Å². The Balaban J connectivity index is 1.68. The molecule has 2 aliphatic carbocycles. The van der Waals surface area contributed by atoms with Crippen molar-refractivity contribution in [2.24, 2.45) is 5.41 Å². The van der Waals surface area contributed by atoms with Crippen LogP contribution in [0, 0.1) is 5.41 Å². The third-order valence-corrected chi connectivity index (χ3v) is 8.85. The minimum Gasteiger partial charge on any atom is -0.482 e. The number of benzene rings is 1. The summed E-state index contributed by atoms with van der Waals surface area (Å²) in [5.74, 6) is 0.813. The highest BCUT2D eigenvalue weighted by molar-refractivity contribution is 5.85. The van der Waals surface area contributed by atoms with Crippen LogP contribution in [0.5, 0.6) is 11.5 Å². The Bertz CT molecular complexity index is 1030. The van der Waals surface area contributed by atoms with E-state index in [9.17, 15) is 4.79 Å². The molecule has 5 nitrogen and oxygen atoms in total. The van der Waals surface area contributed by atoms with Gasteiger partial charge in [0.1, 0.15) is 11.7 Å². The summed E-state index contributed by atoms with van der Waals surface area (Å²) in [4.78, 5) is 15.0. The predicted octanol–water partition coefficient (Wildman–Crippen LogP) is 4.35. The van der Waals surface area contributed by atoms with Crippen molar-refractivity contribution in [3.05, 3.63) is 60.2 Å². The number of rotatable bonds is 5. The maximum atomic E-state index is 12.5. The van der Waals surface area contributed by atoms with Crippen LogP contribution in [-0.2, 0) is 21.4 Å². The van der Waals surface area contributed by atoms with Crippen molar-refractivity contribution in [1.82, 2.24) is 4.90 Å². The van der Waals surface area contributed by atoms with Crippen LogP contribution < -0.4 is 9.47 Å². The maximum absolute atomic E-state index is 12.5. The fourth-order valence-electron chi connectivity index (χ4n) is 7.20. The van der Waals surface area contributed by atoms with Gasteiger partial charge in [-0.05, 0) is 63.2 Å². The number of likely N-dealkylation sites (tertiary alicyclic amines) is 1. The molecule has 0 amide bonds. The summed E-state index contributed by atoms with van der Waals surface area (Å²) >= 11 is 0. The van der Waals surface area contributed by atoms with E-state index in [1.807, 2.05) is 25.1 Å². The van der Waals surface area contributed by atoms with Gasteiger partial charge in [-0.1, -0.05) is 37.3 Å². The van der Waals surface area contributed by atoms with E-state index in [0.717, 1.165) is 38.0 Å². The summed E-state index contributed by atoms with van der Waals surface area (Å²) in [5.41, 5.74) is 1.82. The van der Waals surface area contributed by atoms with Gasteiger partial charge in [0.2, 0.25) is 0 Å². The molecule has 1 saturated carbocycles. The SMILES string of the molecule is C=C[C@@]1(OC)CC[C@]2(C)[C@H]3Cc4ccc(OC(=O)/C=C/C=C/C)c5c4[C@@]2(CCN3C)[C@H]1O5. The van der Waals surface area contributed by atoms with Gasteiger partial charge in [0.15, 0.2) is 11.5 Å². The van der Waals surface area contributed by atoms with Crippen LogP contribution in [-0.4, -0.2) is 49.3 Å². The third-order valence-electron chi connectivity index (χ3n) is 8.85. The van der Waals surface area contributed by atoms with Crippen molar-refractivity contribution < 1.29 is 19.0 Å². The lowest BCUT2D eigenvalue weighted by Gasteiger charge is -2.66. The van der Waals surface area contributed by atoms with Crippen molar-refractivity contribution >= 4 is 5.97 Å². The molecule has 5 rings (SSSR count). The number of nitrogens with zero attached hydrogens (tertiary/aromatic N) is 1. The van der Waals surface area contributed by atoms with E-state index in [4.69, 9.17) is 14.2 Å². The Hall–Kier alpha value is -2.37. The maximum Gasteiger partial charge on any atom is 0.336 e. The Morgan fingerprint density at radius 1 is 1.28 bits per heavy atom. The summed E-state index contributed by atoms with van der Waals surface area (Å²) in [6, 6.07) is 4.47. The van der Waals surface area contributed by atoms with E-state index >= 15 is 0 Å². The summed E-state index contributed by atoms with van der Waals surface area (Å²) in [6.07, 6.45) is 12.4. The van der Waals surface area contributed by atoms with Gasteiger partial charge >= 0.3 is 5.97 Å². The van der Waals surface area contributed by atoms with Crippen molar-refractivity contribution in [1.29, 1.82) is 0 Å². The van der Waals surface area contributed by atoms with Crippen LogP contribution in [0.15, 0.2) is 49.1 Å². The molecule has 1 saturated heterocycles. The average Bonchev–Trinajstić information content (AvgIpc) is 3.15. The number of likely N-dealkylation sites (N-methyl/N-ethyl adjacent to an activating group) is 1. The van der Waals surface area contributed by atoms with Gasteiger partial charge in [-0.15, -0.1) is 6.58 Å². The molecule has 1 aromatic rings. The van der Waals surface area contributed by atoms with E-state index in [0.29, 0.717) is 11.8 Å². The van der Waals surface area contributed by atoms with Gasteiger partial charge in [0.05, 0.1) is 0 Å². The molecular weight excluding hydrogens is 402 g/mol. The largest absolute Gasteiger partial charge is 0.482 e. The normalized spacial score (nSPS) is 37.4. The smallest absolute Gasteiger partial charge is 0.336 e. The molecule has 2 aliphatic heterocycles. The second-order valence-corrected chi connectivity index (χ2v) is 9.93. The van der Waals surface area contributed by atoms with Gasteiger partial charge in [-0.25, -0.2) is 4.79 Å². The minimum atomic E-state index is -0.569. The number of hydrogen-bond donors (Lipinski definition) is 0. The van der Waals surface area contributed by atoms with E-state index < -0.39 is 11.6 Å². The molecule has 1 aromatic carbocycles. The van der Waals surface area contributed by atoms with Crippen LogP contribution in [0.25, 0.3) is 0 Å². The quantitative estimate of drug-likeness (QED) is 0.226. The lowest BCUT2D eigenvalue weighted by molar-refractivity contribution is -0.184. The summed E-state index contributed by atoms with van der Waals surface area (Å²) < 4.78 is 18.7. The highest BCUT2D eigenvalue weighted by atomic mass is 16.6. The molecule has 0 N–H and O–H groups in total. The first-order valence-electron chi connectivity index (χ1n) is 11.6. The zero-order valence-electron chi connectivity index (χ0n) is 19.5. The van der Waals surface area contributed by atoms with Crippen molar-refractivity contribution in [2.75, 3.05) is 20.7 Å². The van der Waals surface area contributed by atoms with Crippen LogP contribution >= 0.6 is 0 Å². The van der Waals surface area contributed by atoms with E-state index in [1.54, 1.807) is 19.3 Å². The average molecular weight is 436 g/mol. The molecule has 5 atom stereocenters. The number of piperidine rings is 1. The molecule has 0 radical (unpaired) electrons. The fraction of sp³-hybridized carbons (Fsp3) is 0.519. The molecule has 2 bridgehead atoms. The van der Waals surface area contributed by atoms with Gasteiger partial charge in [-0.3, -0.25) is 0 Å². The Morgan fingerprint density at radius 3 is 2.81 bits per heavy atom. The number of esters is 1. The highest BCUT2D eigenvalue weighted by Gasteiger charge is 2.73. The first kappa shape index (κ1) is 21.5. The Kier molecular flexibility index (Phi) is 4.91. The zero-order valence-corrected chi connectivity index (χ0v) is 19.5. The fourth-order valence-corrected chi connectivity index (χ4v) is 7.20. The molecule has 4 aliphatic rings. The summed E-state index contributed by atoms with van der Waals surface area (Å²) in [5, 5.41) is 0. The minimum absolute atomic E-state index is 0.0441. The number of ether oxygens (including phenoxy) is 3. The summed E-state index contributed by atoms with van der Waals surface area (Å²) in [7, 11) is 4.01. The molecular formula is C27H33NO4. The van der Waals surface area contributed by atoms with Crippen LogP contribution in [0.2, 0.25) is 0 Å². The van der Waals surface area contributed by atoms with Crippen LogP contribution in [0.3, 0.4) is 0 Å². The molecule has 2 heterocycles. The van der Waals surface area contributed by atoms with Crippen molar-refractivity contribution in [2.45, 2.75) is 62.7 Å². The van der Waals surface area contributed by atoms with Crippen molar-refractivity contribution in [3.8, 4) is 11.5 Å².